The summed E-state index contributed by atoms with van der Waals surface area (Å²) in [4.78, 5) is 144. The van der Waals surface area contributed by atoms with Crippen LogP contribution < -0.4 is 70.4 Å². The van der Waals surface area contributed by atoms with Crippen molar-refractivity contribution in [3.8, 4) is 5.75 Å². The predicted octanol–water partition coefficient (Wildman–Crippen LogP) is 0.171. The van der Waals surface area contributed by atoms with Gasteiger partial charge in [-0.05, 0) is 140 Å². The number of carbonyl (C=O) groups excluding carboxylic acids is 10. The third-order valence-corrected chi connectivity index (χ3v) is 16.6. The Bertz CT molecular complexity index is 3540. The second kappa shape index (κ2) is 38.7. The van der Waals surface area contributed by atoms with Gasteiger partial charge in [-0.25, -0.2) is 4.79 Å². The second-order valence-corrected chi connectivity index (χ2v) is 25.1. The summed E-state index contributed by atoms with van der Waals surface area (Å²) >= 11 is 6.22. The van der Waals surface area contributed by atoms with Gasteiger partial charge < -0.3 is 85.3 Å². The molecule has 11 amide bonds. The zero-order valence-corrected chi connectivity index (χ0v) is 55.8. The van der Waals surface area contributed by atoms with E-state index < -0.39 is 126 Å². The molecule has 528 valence electrons. The van der Waals surface area contributed by atoms with Gasteiger partial charge >= 0.3 is 6.03 Å². The van der Waals surface area contributed by atoms with E-state index in [1.54, 1.807) is 50.2 Å². The van der Waals surface area contributed by atoms with Gasteiger partial charge in [0.1, 0.15) is 54.3 Å². The highest BCUT2D eigenvalue weighted by Gasteiger charge is 2.40. The quantitative estimate of drug-likeness (QED) is 0.0108. The standard InChI is InChI=1S/C68H91ClN16O13/c1-39(2)32-51(60(91)80-50(14-8-29-75-67(71)72)66(97)85-31-9-15-56(85)65(96)77-40(3)58(70)89)81-59(90)49(13-7-30-76-68(73)98)79-62(93)53(35-43-19-25-48(87)26-20-43)83-64(95)55(38-86)84-63(94)54(36-44-10-6-28-74-37-44)82-61(92)52(34-42-17-23-47(69)24-18-42)78-57(88)27-21-41-16-22-45-11-4-5-12-46(45)33-41/h4-6,10-12,16-20,22-26,28,33,37,39-40,49-56,61,82,86-87,92H,7-9,13-15,21,27,29-32,34-36,38H2,1-3H3,(H2,70,89)(H,77,96)(H,78,88)(H,79,93)(H,80,91)(H,81,90)(H,83,95)(H,84,94)(H4,71,72,75)(H3,73,76,98)/t40-,49-,50+,51+,52-,53+,54-,55+,56+,61?/m1/s1. The van der Waals surface area contributed by atoms with Crippen molar-refractivity contribution in [1.82, 2.24) is 63.1 Å². The summed E-state index contributed by atoms with van der Waals surface area (Å²) in [5, 5.41) is 69.9. The van der Waals surface area contributed by atoms with Crippen molar-refractivity contribution >= 4 is 87.5 Å². The number of fused-ring (bicyclic) bond motifs is 1. The number of halogens is 1. The summed E-state index contributed by atoms with van der Waals surface area (Å²) in [6.45, 7) is 4.09. The van der Waals surface area contributed by atoms with Gasteiger partial charge in [0.25, 0.3) is 0 Å². The van der Waals surface area contributed by atoms with Gasteiger partial charge in [-0.2, -0.15) is 0 Å². The maximum absolute atomic E-state index is 14.8. The zero-order chi connectivity index (χ0) is 71.4. The number of nitrogens with zero attached hydrogens (tertiary/aromatic N) is 2. The molecule has 1 aromatic heterocycles. The number of nitrogens with one attached hydrogen (secondary N) is 11. The zero-order valence-electron chi connectivity index (χ0n) is 55.1. The lowest BCUT2D eigenvalue weighted by molar-refractivity contribution is -0.142. The molecular weight excluding hydrogens is 1280 g/mol. The Labute approximate surface area is 573 Å². The highest BCUT2D eigenvalue weighted by Crippen LogP contribution is 2.22. The van der Waals surface area contributed by atoms with Crippen LogP contribution in [0.2, 0.25) is 5.02 Å². The fourth-order valence-corrected chi connectivity index (χ4v) is 11.3. The van der Waals surface area contributed by atoms with Gasteiger partial charge in [-0.15, -0.1) is 0 Å². The number of phenolic OH excluding ortho intramolecular Hbond substituents is 1. The number of amides is 11. The number of aliphatic hydroxyl groups is 2. The SMILES string of the molecule is CC(C)C[C@H](NC(=O)[C@@H](CCCNC(N)=O)NC(=O)[C@H](Cc1ccc(O)cc1)NC(=O)[C@H](CO)NC(=O)[C@@H](Cc1cccnc1)NC(O)[C@@H](Cc1ccc(Cl)cc1)NC(=O)CCc1ccc2ccccc2c1)C(=O)N[C@@H](CCCNC(=N)N)C(=O)N1CCC[C@H]1C(=O)N[C@H](C)C(N)=O. The van der Waals surface area contributed by atoms with Gasteiger partial charge in [0.05, 0.1) is 18.7 Å². The molecule has 29 nitrogen and oxygen atoms in total. The molecule has 0 radical (unpaired) electrons. The van der Waals surface area contributed by atoms with E-state index in [-0.39, 0.29) is 101 Å². The van der Waals surface area contributed by atoms with Crippen LogP contribution in [0, 0.1) is 11.3 Å². The number of hydrogen-bond acceptors (Lipinski definition) is 16. The molecule has 20 N–H and O–H groups in total. The number of aryl methyl sites for hydroxylation is 1. The molecule has 4 aromatic carbocycles. The fourth-order valence-electron chi connectivity index (χ4n) is 11.1. The minimum atomic E-state index is -1.78. The molecule has 2 heterocycles. The van der Waals surface area contributed by atoms with Crippen molar-refractivity contribution in [2.24, 2.45) is 23.1 Å². The molecule has 1 saturated heterocycles. The van der Waals surface area contributed by atoms with E-state index in [0.29, 0.717) is 34.6 Å². The van der Waals surface area contributed by atoms with Gasteiger partial charge in [0.2, 0.25) is 53.2 Å². The van der Waals surface area contributed by atoms with E-state index in [2.05, 4.69) is 58.2 Å². The van der Waals surface area contributed by atoms with Crippen LogP contribution in [0.4, 0.5) is 4.79 Å². The molecule has 1 aliphatic heterocycles. The molecule has 30 heteroatoms. The largest absolute Gasteiger partial charge is 0.508 e. The third-order valence-electron chi connectivity index (χ3n) is 16.4. The molecule has 0 spiro atoms. The maximum Gasteiger partial charge on any atom is 0.312 e. The number of urea groups is 1. The number of pyridine rings is 1. The van der Waals surface area contributed by atoms with Crippen molar-refractivity contribution in [2.45, 2.75) is 158 Å². The van der Waals surface area contributed by atoms with Crippen LogP contribution in [0.1, 0.15) is 94.4 Å². The number of phenols is 1. The summed E-state index contributed by atoms with van der Waals surface area (Å²) in [6, 6.07) is 16.5. The minimum absolute atomic E-state index is 0.00667. The number of rotatable bonds is 38. The van der Waals surface area contributed by atoms with Crippen molar-refractivity contribution in [3.63, 3.8) is 0 Å². The van der Waals surface area contributed by atoms with Gasteiger partial charge in [0, 0.05) is 49.9 Å². The van der Waals surface area contributed by atoms with Crippen LogP contribution >= 0.6 is 11.6 Å². The fraction of sp³-hybridized carbons (Fsp3) is 0.441. The smallest absolute Gasteiger partial charge is 0.312 e. The number of primary amides is 2. The lowest BCUT2D eigenvalue weighted by atomic mass is 10.00. The molecule has 1 unspecified atom stereocenters. The first-order valence-corrected chi connectivity index (χ1v) is 32.9. The normalized spacial score (nSPS) is 15.5. The Balaban J connectivity index is 1.23. The minimum Gasteiger partial charge on any atom is -0.508 e. The molecule has 1 fully saturated rings. The summed E-state index contributed by atoms with van der Waals surface area (Å²) in [5.41, 5.74) is 18.7. The number of nitrogens with two attached hydrogens (primary N) is 3. The Morgan fingerprint density at radius 3 is 1.86 bits per heavy atom. The second-order valence-electron chi connectivity index (χ2n) is 24.6. The van der Waals surface area contributed by atoms with Crippen LogP contribution in [-0.4, -0.2) is 177 Å². The van der Waals surface area contributed by atoms with E-state index in [4.69, 9.17) is 34.2 Å². The Hall–Kier alpha value is -9.97. The van der Waals surface area contributed by atoms with E-state index in [9.17, 15) is 63.3 Å². The van der Waals surface area contributed by atoms with Gasteiger partial charge in [0.15, 0.2) is 5.96 Å². The molecule has 5 aromatic rings. The monoisotopic (exact) mass is 1370 g/mol. The number of hydrogen-bond donors (Lipinski definition) is 17. The van der Waals surface area contributed by atoms with Crippen molar-refractivity contribution in [3.05, 3.63) is 143 Å². The van der Waals surface area contributed by atoms with Crippen LogP contribution in [-0.2, 0) is 68.8 Å². The predicted molar refractivity (Wildman–Crippen MR) is 366 cm³/mol. The summed E-state index contributed by atoms with van der Waals surface area (Å²) in [5.74, 6) is -7.90. The number of aromatic hydroxyl groups is 1. The van der Waals surface area contributed by atoms with E-state index in [0.717, 1.165) is 16.3 Å². The van der Waals surface area contributed by atoms with E-state index >= 15 is 0 Å². The molecule has 0 saturated carbocycles. The van der Waals surface area contributed by atoms with Crippen molar-refractivity contribution in [2.75, 3.05) is 26.2 Å². The van der Waals surface area contributed by atoms with Gasteiger partial charge in [-0.1, -0.05) is 98.2 Å². The number of aromatic nitrogens is 1. The lowest BCUT2D eigenvalue weighted by Gasteiger charge is -2.31. The van der Waals surface area contributed by atoms with Crippen molar-refractivity contribution < 1.29 is 63.3 Å². The topological polar surface area (TPSA) is 470 Å². The highest BCUT2D eigenvalue weighted by atomic mass is 35.5. The first kappa shape index (κ1) is 77.0. The molecule has 98 heavy (non-hydrogen) atoms. The number of aliphatic hydroxyl groups excluding tert-OH is 2. The highest BCUT2D eigenvalue weighted by molar-refractivity contribution is 6.30. The van der Waals surface area contributed by atoms with Gasteiger partial charge in [-0.3, -0.25) is 58.9 Å². The van der Waals surface area contributed by atoms with E-state index in [1.807, 2.05) is 42.5 Å². The van der Waals surface area contributed by atoms with Crippen LogP contribution in [0.15, 0.2) is 116 Å². The van der Waals surface area contributed by atoms with Crippen LogP contribution in [0.3, 0.4) is 0 Å². The van der Waals surface area contributed by atoms with E-state index in [1.165, 1.54) is 48.5 Å². The Morgan fingerprint density at radius 1 is 0.633 bits per heavy atom. The Morgan fingerprint density at radius 2 is 1.20 bits per heavy atom. The van der Waals surface area contributed by atoms with Crippen molar-refractivity contribution in [1.29, 1.82) is 5.41 Å². The van der Waals surface area contributed by atoms with Crippen LogP contribution in [0.25, 0.3) is 10.8 Å². The van der Waals surface area contributed by atoms with Crippen LogP contribution in [0.5, 0.6) is 5.75 Å². The molecule has 1 aliphatic rings. The average molecular weight is 1380 g/mol. The summed E-state index contributed by atoms with van der Waals surface area (Å²) < 4.78 is 0. The lowest BCUT2D eigenvalue weighted by Crippen LogP contribution is -2.62. The number of benzene rings is 4. The maximum atomic E-state index is 14.8. The third kappa shape index (κ3) is 25.2. The molecule has 0 aliphatic carbocycles. The number of guanidine groups is 1. The molecule has 10 atom stereocenters. The Kier molecular flexibility index (Phi) is 30.4. The first-order valence-electron chi connectivity index (χ1n) is 32.5. The average Bonchev–Trinajstić information content (AvgIpc) is 1.45. The number of carbonyl (C=O) groups is 10. The molecular formula is C68H91ClN16O13. The summed E-state index contributed by atoms with van der Waals surface area (Å²) in [7, 11) is 0. The molecule has 0 bridgehead atoms. The first-order chi connectivity index (χ1) is 46.8. The summed E-state index contributed by atoms with van der Waals surface area (Å²) in [6.07, 6.45) is 2.07. The molecule has 6 rings (SSSR count). The number of likely N-dealkylation sites (tertiary alicyclic amines) is 1.